The van der Waals surface area contributed by atoms with Gasteiger partial charge in [0.05, 0.1) is 24.5 Å². The summed E-state index contributed by atoms with van der Waals surface area (Å²) in [6, 6.07) is 1.65. The van der Waals surface area contributed by atoms with E-state index in [0.29, 0.717) is 18.0 Å². The molecule has 2 aromatic heterocycles. The van der Waals surface area contributed by atoms with E-state index in [2.05, 4.69) is 30.4 Å². The van der Waals surface area contributed by atoms with E-state index in [1.807, 2.05) is 6.20 Å². The maximum atomic E-state index is 12.0. The highest BCUT2D eigenvalue weighted by atomic mass is 35.5. The molecule has 0 aromatic carbocycles. The van der Waals surface area contributed by atoms with Crippen molar-refractivity contribution in [2.75, 3.05) is 13.1 Å². The van der Waals surface area contributed by atoms with Gasteiger partial charge in [-0.2, -0.15) is 10.2 Å². The fourth-order valence-electron chi connectivity index (χ4n) is 2.31. The van der Waals surface area contributed by atoms with Gasteiger partial charge in [-0.3, -0.25) is 4.79 Å². The fourth-order valence-corrected chi connectivity index (χ4v) is 2.31. The third kappa shape index (κ3) is 5.62. The molecule has 0 radical (unpaired) electrons. The Hall–Kier alpha value is -1.41. The Morgan fingerprint density at radius 3 is 2.87 bits per heavy atom. The Labute approximate surface area is 152 Å². The van der Waals surface area contributed by atoms with Gasteiger partial charge in [0.15, 0.2) is 0 Å². The van der Waals surface area contributed by atoms with E-state index in [4.69, 9.17) is 0 Å². The second-order valence-corrected chi connectivity index (χ2v) is 4.83. The fraction of sp³-hybridized carbons (Fsp3) is 0.385. The van der Waals surface area contributed by atoms with Crippen LogP contribution in [0.1, 0.15) is 16.2 Å². The zero-order valence-corrected chi connectivity index (χ0v) is 14.7. The first-order chi connectivity index (χ1) is 9.83. The van der Waals surface area contributed by atoms with Crippen LogP contribution in [0, 0.1) is 5.92 Å². The van der Waals surface area contributed by atoms with Gasteiger partial charge >= 0.3 is 0 Å². The van der Waals surface area contributed by atoms with Crippen LogP contribution in [-0.2, 0) is 13.1 Å². The van der Waals surface area contributed by atoms with Gasteiger partial charge in [-0.05, 0) is 6.07 Å². The van der Waals surface area contributed by atoms with Crippen LogP contribution in [0.2, 0.25) is 0 Å². The number of aromatic nitrogens is 4. The number of hydrogen-bond acceptors (Lipinski definition) is 5. The number of halogens is 3. The van der Waals surface area contributed by atoms with Crippen LogP contribution in [0.5, 0.6) is 0 Å². The molecule has 0 spiro atoms. The normalized spacial score (nSPS) is 15.7. The molecule has 0 saturated heterocycles. The Morgan fingerprint density at radius 1 is 1.30 bits per heavy atom. The second-order valence-electron chi connectivity index (χ2n) is 4.83. The third-order valence-electron chi connectivity index (χ3n) is 3.37. The molecule has 3 heterocycles. The molecule has 0 fully saturated rings. The molecule has 0 bridgehead atoms. The summed E-state index contributed by atoms with van der Waals surface area (Å²) in [5.74, 6) is 1.26. The molecule has 1 aliphatic heterocycles. The van der Waals surface area contributed by atoms with Crippen LogP contribution in [0.25, 0.3) is 0 Å². The van der Waals surface area contributed by atoms with Gasteiger partial charge in [0.1, 0.15) is 5.82 Å². The van der Waals surface area contributed by atoms with Crippen LogP contribution in [-0.4, -0.2) is 38.7 Å². The summed E-state index contributed by atoms with van der Waals surface area (Å²) >= 11 is 0. The summed E-state index contributed by atoms with van der Waals surface area (Å²) in [7, 11) is 0. The number of amides is 1. The van der Waals surface area contributed by atoms with E-state index in [0.717, 1.165) is 25.5 Å². The Kier molecular flexibility index (Phi) is 9.74. The van der Waals surface area contributed by atoms with Crippen molar-refractivity contribution in [3.8, 4) is 0 Å². The number of hydrogen-bond donors (Lipinski definition) is 2. The summed E-state index contributed by atoms with van der Waals surface area (Å²) < 4.78 is 2.13. The monoisotopic (exact) mass is 380 g/mol. The molecule has 2 N–H and O–H groups in total. The average Bonchev–Trinajstić information content (AvgIpc) is 2.83. The van der Waals surface area contributed by atoms with Crippen LogP contribution < -0.4 is 10.6 Å². The lowest BCUT2D eigenvalue weighted by Crippen LogP contribution is -2.34. The molecule has 23 heavy (non-hydrogen) atoms. The molecule has 3 rings (SSSR count). The SMILES string of the molecule is Cl.Cl.Cl.O=C(NCC1CNCc2nccn2C1)c1ccnnc1. The third-order valence-corrected chi connectivity index (χ3v) is 3.37. The lowest BCUT2D eigenvalue weighted by Gasteiger charge is -2.16. The predicted molar refractivity (Wildman–Crippen MR) is 93.5 cm³/mol. The summed E-state index contributed by atoms with van der Waals surface area (Å²) in [5.41, 5.74) is 0.532. The van der Waals surface area contributed by atoms with E-state index in [-0.39, 0.29) is 43.1 Å². The van der Waals surface area contributed by atoms with Crippen molar-refractivity contribution in [3.05, 3.63) is 42.2 Å². The van der Waals surface area contributed by atoms with Crippen molar-refractivity contribution in [2.45, 2.75) is 13.1 Å². The van der Waals surface area contributed by atoms with Gasteiger partial charge in [-0.25, -0.2) is 4.98 Å². The molecule has 1 aliphatic rings. The summed E-state index contributed by atoms with van der Waals surface area (Å²) in [4.78, 5) is 16.2. The van der Waals surface area contributed by atoms with Gasteiger partial charge in [-0.1, -0.05) is 0 Å². The molecule has 1 amide bonds. The highest BCUT2D eigenvalue weighted by Crippen LogP contribution is 2.08. The minimum atomic E-state index is -0.116. The lowest BCUT2D eigenvalue weighted by molar-refractivity contribution is 0.0945. The Balaban J connectivity index is 0.00000161. The van der Waals surface area contributed by atoms with E-state index in [9.17, 15) is 4.79 Å². The van der Waals surface area contributed by atoms with Crippen LogP contribution in [0.4, 0.5) is 0 Å². The van der Waals surface area contributed by atoms with E-state index >= 15 is 0 Å². The Morgan fingerprint density at radius 2 is 2.13 bits per heavy atom. The molecule has 2 aromatic rings. The standard InChI is InChI=1S/C13H16N6O.3ClH/c20-13(11-1-2-17-18-7-11)16-6-10-5-14-8-12-15-3-4-19(12)9-10;;;/h1-4,7,10,14H,5-6,8-9H2,(H,16,20);3*1H. The maximum absolute atomic E-state index is 12.0. The van der Waals surface area contributed by atoms with Crippen LogP contribution >= 0.6 is 37.2 Å². The highest BCUT2D eigenvalue weighted by molar-refractivity contribution is 5.93. The largest absolute Gasteiger partial charge is 0.352 e. The first-order valence-corrected chi connectivity index (χ1v) is 6.58. The molecule has 7 nitrogen and oxygen atoms in total. The average molecular weight is 382 g/mol. The van der Waals surface area contributed by atoms with Crippen molar-refractivity contribution < 1.29 is 4.79 Å². The smallest absolute Gasteiger partial charge is 0.252 e. The van der Waals surface area contributed by atoms with Crippen molar-refractivity contribution >= 4 is 43.1 Å². The number of rotatable bonds is 3. The van der Waals surface area contributed by atoms with Crippen LogP contribution in [0.15, 0.2) is 30.9 Å². The number of carbonyl (C=O) groups is 1. The van der Waals surface area contributed by atoms with Crippen molar-refractivity contribution in [3.63, 3.8) is 0 Å². The van der Waals surface area contributed by atoms with E-state index in [1.54, 1.807) is 12.3 Å². The number of nitrogens with zero attached hydrogens (tertiary/aromatic N) is 4. The van der Waals surface area contributed by atoms with Crippen molar-refractivity contribution in [1.29, 1.82) is 0 Å². The summed E-state index contributed by atoms with van der Waals surface area (Å²) in [6.45, 7) is 3.10. The molecule has 128 valence electrons. The first kappa shape index (κ1) is 21.6. The molecule has 1 atom stereocenters. The maximum Gasteiger partial charge on any atom is 0.252 e. The topological polar surface area (TPSA) is 84.7 Å². The minimum Gasteiger partial charge on any atom is -0.352 e. The number of nitrogens with one attached hydrogen (secondary N) is 2. The van der Waals surface area contributed by atoms with Gasteiger partial charge in [0, 0.05) is 37.9 Å². The first-order valence-electron chi connectivity index (χ1n) is 6.58. The van der Waals surface area contributed by atoms with E-state index < -0.39 is 0 Å². The second kappa shape index (κ2) is 10.4. The summed E-state index contributed by atoms with van der Waals surface area (Å²) in [6.07, 6.45) is 6.76. The zero-order chi connectivity index (χ0) is 13.8. The van der Waals surface area contributed by atoms with Gasteiger partial charge < -0.3 is 15.2 Å². The molecular formula is C13H19Cl3N6O. The lowest BCUT2D eigenvalue weighted by atomic mass is 10.1. The zero-order valence-electron chi connectivity index (χ0n) is 12.2. The Bertz CT molecular complexity index is 594. The highest BCUT2D eigenvalue weighted by Gasteiger charge is 2.17. The molecular weight excluding hydrogens is 363 g/mol. The number of imidazole rings is 1. The molecule has 0 aliphatic carbocycles. The van der Waals surface area contributed by atoms with Crippen LogP contribution in [0.3, 0.4) is 0 Å². The van der Waals surface area contributed by atoms with E-state index in [1.165, 1.54) is 12.4 Å². The quantitative estimate of drug-likeness (QED) is 0.831. The van der Waals surface area contributed by atoms with Crippen molar-refractivity contribution in [2.24, 2.45) is 5.92 Å². The minimum absolute atomic E-state index is 0. The number of fused-ring (bicyclic) bond motifs is 1. The van der Waals surface area contributed by atoms with Crippen molar-refractivity contribution in [1.82, 2.24) is 30.4 Å². The molecule has 0 saturated carbocycles. The van der Waals surface area contributed by atoms with Gasteiger partial charge in [0.25, 0.3) is 5.91 Å². The van der Waals surface area contributed by atoms with Gasteiger partial charge in [0.2, 0.25) is 0 Å². The van der Waals surface area contributed by atoms with Gasteiger partial charge in [-0.15, -0.1) is 37.2 Å². The molecule has 10 heteroatoms. The predicted octanol–water partition coefficient (Wildman–Crippen LogP) is 1.09. The summed E-state index contributed by atoms with van der Waals surface area (Å²) in [5, 5.41) is 13.6. The number of carbonyl (C=O) groups excluding carboxylic acids is 1. The molecule has 1 unspecified atom stereocenters.